The highest BCUT2D eigenvalue weighted by atomic mass is 35.5. The second-order valence-corrected chi connectivity index (χ2v) is 4.34. The van der Waals surface area contributed by atoms with Crippen LogP contribution in [0.1, 0.15) is 38.5 Å². The Morgan fingerprint density at radius 2 is 1.75 bits per heavy atom. The van der Waals surface area contributed by atoms with Crippen LogP contribution in [0.3, 0.4) is 0 Å². The zero-order valence-electron chi connectivity index (χ0n) is 9.33. The van der Waals surface area contributed by atoms with Crippen molar-refractivity contribution >= 4 is 24.2 Å². The van der Waals surface area contributed by atoms with Crippen LogP contribution in [0.2, 0.25) is 0 Å². The van der Waals surface area contributed by atoms with Crippen LogP contribution in [0.25, 0.3) is 0 Å². The Hall–Kier alpha value is -0.810. The number of amides is 2. The van der Waals surface area contributed by atoms with Crippen LogP contribution >= 0.6 is 12.4 Å². The Bertz CT molecular complexity index is 252. The van der Waals surface area contributed by atoms with Crippen molar-refractivity contribution < 1.29 is 9.59 Å². The molecule has 0 bridgehead atoms. The van der Waals surface area contributed by atoms with Crippen molar-refractivity contribution in [1.29, 1.82) is 0 Å². The van der Waals surface area contributed by atoms with Gasteiger partial charge in [-0.1, -0.05) is 19.3 Å². The predicted molar refractivity (Wildman–Crippen MR) is 64.1 cm³/mol. The molecule has 1 aliphatic rings. The summed E-state index contributed by atoms with van der Waals surface area (Å²) in [6.45, 7) is 0.444. The lowest BCUT2D eigenvalue weighted by Gasteiger charge is -2.33. The van der Waals surface area contributed by atoms with Gasteiger partial charge in [0.2, 0.25) is 11.8 Å². The summed E-state index contributed by atoms with van der Waals surface area (Å²) in [5, 5.41) is 2.66. The lowest BCUT2D eigenvalue weighted by molar-refractivity contribution is -0.127. The highest BCUT2D eigenvalue weighted by Gasteiger charge is 2.27. The molecule has 16 heavy (non-hydrogen) atoms. The van der Waals surface area contributed by atoms with Crippen molar-refractivity contribution in [3.05, 3.63) is 0 Å². The molecule has 5 N–H and O–H groups in total. The van der Waals surface area contributed by atoms with Crippen LogP contribution in [0.5, 0.6) is 0 Å². The van der Waals surface area contributed by atoms with Gasteiger partial charge in [0, 0.05) is 12.1 Å². The van der Waals surface area contributed by atoms with Gasteiger partial charge in [-0.15, -0.1) is 12.4 Å². The first-order chi connectivity index (χ1) is 7.02. The number of carbonyl (C=O) groups excluding carboxylic acids is 2. The number of hydrogen-bond donors (Lipinski definition) is 3. The standard InChI is InChI=1S/C10H19N3O2.ClH/c11-8(14)6-9(15)13-7-10(12)4-2-1-3-5-10;/h1-7,12H2,(H2,11,14)(H,13,15);1H. The molecule has 0 unspecified atom stereocenters. The lowest BCUT2D eigenvalue weighted by atomic mass is 9.82. The van der Waals surface area contributed by atoms with E-state index in [2.05, 4.69) is 5.32 Å². The fraction of sp³-hybridized carbons (Fsp3) is 0.800. The summed E-state index contributed by atoms with van der Waals surface area (Å²) in [7, 11) is 0. The minimum absolute atomic E-state index is 0. The average Bonchev–Trinajstić information content (AvgIpc) is 2.15. The summed E-state index contributed by atoms with van der Waals surface area (Å²) in [4.78, 5) is 21.6. The Balaban J connectivity index is 0.00000225. The van der Waals surface area contributed by atoms with Gasteiger partial charge in [0.1, 0.15) is 6.42 Å². The Morgan fingerprint density at radius 1 is 1.19 bits per heavy atom. The number of nitrogens with one attached hydrogen (secondary N) is 1. The van der Waals surface area contributed by atoms with Gasteiger partial charge in [0.25, 0.3) is 0 Å². The topological polar surface area (TPSA) is 98.2 Å². The summed E-state index contributed by atoms with van der Waals surface area (Å²) in [6, 6.07) is 0. The highest BCUT2D eigenvalue weighted by Crippen LogP contribution is 2.24. The van der Waals surface area contributed by atoms with E-state index in [0.29, 0.717) is 6.54 Å². The second kappa shape index (κ2) is 6.70. The molecule has 1 rings (SSSR count). The molecular formula is C10H20ClN3O2. The van der Waals surface area contributed by atoms with E-state index in [-0.39, 0.29) is 30.3 Å². The first-order valence-electron chi connectivity index (χ1n) is 5.36. The van der Waals surface area contributed by atoms with E-state index >= 15 is 0 Å². The van der Waals surface area contributed by atoms with Crippen LogP contribution in [-0.2, 0) is 9.59 Å². The van der Waals surface area contributed by atoms with Crippen molar-refractivity contribution in [2.24, 2.45) is 11.5 Å². The van der Waals surface area contributed by atoms with Crippen molar-refractivity contribution in [2.75, 3.05) is 6.54 Å². The first kappa shape index (κ1) is 15.2. The lowest BCUT2D eigenvalue weighted by Crippen LogP contribution is -2.51. The zero-order valence-corrected chi connectivity index (χ0v) is 10.1. The number of hydrogen-bond acceptors (Lipinski definition) is 3. The van der Waals surface area contributed by atoms with Gasteiger partial charge in [-0.05, 0) is 12.8 Å². The molecule has 0 spiro atoms. The molecule has 6 heteroatoms. The maximum absolute atomic E-state index is 11.2. The van der Waals surface area contributed by atoms with Crippen LogP contribution in [0.15, 0.2) is 0 Å². The number of primary amides is 1. The molecule has 0 atom stereocenters. The monoisotopic (exact) mass is 249 g/mol. The SMILES string of the molecule is Cl.NC(=O)CC(=O)NCC1(N)CCCCC1. The van der Waals surface area contributed by atoms with Gasteiger partial charge in [-0.2, -0.15) is 0 Å². The van der Waals surface area contributed by atoms with Gasteiger partial charge < -0.3 is 16.8 Å². The van der Waals surface area contributed by atoms with Gasteiger partial charge in [0.15, 0.2) is 0 Å². The minimum atomic E-state index is -0.609. The number of nitrogens with two attached hydrogens (primary N) is 2. The normalized spacial score (nSPS) is 18.3. The molecule has 0 aromatic carbocycles. The average molecular weight is 250 g/mol. The number of rotatable bonds is 4. The number of carbonyl (C=O) groups is 2. The molecule has 1 aliphatic carbocycles. The smallest absolute Gasteiger partial charge is 0.229 e. The van der Waals surface area contributed by atoms with Crippen molar-refractivity contribution in [3.8, 4) is 0 Å². The highest BCUT2D eigenvalue weighted by molar-refractivity contribution is 5.96. The molecule has 0 radical (unpaired) electrons. The summed E-state index contributed by atoms with van der Waals surface area (Å²) >= 11 is 0. The fourth-order valence-corrected chi connectivity index (χ4v) is 1.93. The summed E-state index contributed by atoms with van der Waals surface area (Å²) in [6.07, 6.45) is 5.06. The molecule has 5 nitrogen and oxygen atoms in total. The van der Waals surface area contributed by atoms with Gasteiger partial charge in [0.05, 0.1) is 0 Å². The Labute approximate surface area is 102 Å². The third-order valence-corrected chi connectivity index (χ3v) is 2.82. The Kier molecular flexibility index (Phi) is 6.36. The molecule has 0 heterocycles. The van der Waals surface area contributed by atoms with E-state index < -0.39 is 5.91 Å². The van der Waals surface area contributed by atoms with E-state index in [0.717, 1.165) is 25.7 Å². The molecular weight excluding hydrogens is 230 g/mol. The minimum Gasteiger partial charge on any atom is -0.369 e. The number of halogens is 1. The van der Waals surface area contributed by atoms with Crippen LogP contribution in [0.4, 0.5) is 0 Å². The molecule has 1 saturated carbocycles. The first-order valence-corrected chi connectivity index (χ1v) is 5.36. The predicted octanol–water partition coefficient (Wildman–Crippen LogP) is 0.0614. The maximum atomic E-state index is 11.2. The summed E-state index contributed by atoms with van der Waals surface area (Å²) in [5.41, 5.74) is 10.7. The summed E-state index contributed by atoms with van der Waals surface area (Å²) in [5.74, 6) is -0.944. The molecule has 1 fully saturated rings. The van der Waals surface area contributed by atoms with E-state index in [1.165, 1.54) is 6.42 Å². The largest absolute Gasteiger partial charge is 0.369 e. The van der Waals surface area contributed by atoms with E-state index in [9.17, 15) is 9.59 Å². The van der Waals surface area contributed by atoms with E-state index in [4.69, 9.17) is 11.5 Å². The molecule has 0 aliphatic heterocycles. The van der Waals surface area contributed by atoms with Crippen molar-refractivity contribution in [1.82, 2.24) is 5.32 Å². The molecule has 94 valence electrons. The van der Waals surface area contributed by atoms with Crippen LogP contribution in [0, 0.1) is 0 Å². The van der Waals surface area contributed by atoms with Gasteiger partial charge >= 0.3 is 0 Å². The van der Waals surface area contributed by atoms with Gasteiger partial charge in [-0.3, -0.25) is 9.59 Å². The molecule has 0 saturated heterocycles. The van der Waals surface area contributed by atoms with Crippen LogP contribution in [-0.4, -0.2) is 23.9 Å². The second-order valence-electron chi connectivity index (χ2n) is 4.34. The van der Waals surface area contributed by atoms with Crippen molar-refractivity contribution in [2.45, 2.75) is 44.1 Å². The summed E-state index contributed by atoms with van der Waals surface area (Å²) < 4.78 is 0. The van der Waals surface area contributed by atoms with Crippen LogP contribution < -0.4 is 16.8 Å². The maximum Gasteiger partial charge on any atom is 0.229 e. The fourth-order valence-electron chi connectivity index (χ4n) is 1.93. The van der Waals surface area contributed by atoms with E-state index in [1.807, 2.05) is 0 Å². The third-order valence-electron chi connectivity index (χ3n) is 2.82. The quantitative estimate of drug-likeness (QED) is 0.615. The van der Waals surface area contributed by atoms with Gasteiger partial charge in [-0.25, -0.2) is 0 Å². The zero-order chi connectivity index (χ0) is 11.3. The molecule has 2 amide bonds. The van der Waals surface area contributed by atoms with Crippen molar-refractivity contribution in [3.63, 3.8) is 0 Å². The van der Waals surface area contributed by atoms with E-state index in [1.54, 1.807) is 0 Å². The molecule has 0 aromatic heterocycles. The Morgan fingerprint density at radius 3 is 2.25 bits per heavy atom. The third kappa shape index (κ3) is 5.32. The molecule has 0 aromatic rings.